The van der Waals surface area contributed by atoms with Crippen molar-refractivity contribution in [3.05, 3.63) is 28.3 Å². The fourth-order valence-electron chi connectivity index (χ4n) is 3.31. The van der Waals surface area contributed by atoms with Gasteiger partial charge >= 0.3 is 0 Å². The Balaban J connectivity index is 1.78. The molecule has 1 heterocycles. The number of ether oxygens (including phenoxy) is 1. The molecule has 1 aromatic rings. The molecule has 0 atom stereocenters. The number of rotatable bonds is 6. The molecule has 1 fully saturated rings. The summed E-state index contributed by atoms with van der Waals surface area (Å²) in [6, 6.07) is 4.00. The van der Waals surface area contributed by atoms with E-state index in [4.69, 9.17) is 16.3 Å². The molecule has 1 aliphatic rings. The Kier molecular flexibility index (Phi) is 6.72. The van der Waals surface area contributed by atoms with Gasteiger partial charge in [0.15, 0.2) is 6.61 Å². The highest BCUT2D eigenvalue weighted by atomic mass is 35.5. The number of carbonyl (C=O) groups excluding carboxylic acids is 1. The predicted octanol–water partition coefficient (Wildman–Crippen LogP) is 1.91. The molecule has 0 radical (unpaired) electrons. The third kappa shape index (κ3) is 5.40. The lowest BCUT2D eigenvalue weighted by atomic mass is 10.0. The molecule has 0 spiro atoms. The molecule has 0 aromatic heterocycles. The van der Waals surface area contributed by atoms with E-state index >= 15 is 0 Å². The minimum Gasteiger partial charge on any atom is -0.483 e. The van der Waals surface area contributed by atoms with Crippen LogP contribution in [0, 0.1) is 13.8 Å². The van der Waals surface area contributed by atoms with Crippen LogP contribution < -0.4 is 15.0 Å². The first-order valence-corrected chi connectivity index (χ1v) is 8.90. The molecule has 0 unspecified atom stereocenters. The maximum atomic E-state index is 12.1. The number of aryl methyl sites for hydroxylation is 2. The normalized spacial score (nSPS) is 21.0. The van der Waals surface area contributed by atoms with Crippen LogP contribution in [-0.2, 0) is 4.79 Å². The van der Waals surface area contributed by atoms with Crippen LogP contribution in [-0.4, -0.2) is 38.2 Å². The Morgan fingerprint density at radius 2 is 1.91 bits per heavy atom. The maximum absolute atomic E-state index is 12.1. The van der Waals surface area contributed by atoms with Crippen LogP contribution in [0.15, 0.2) is 12.1 Å². The number of carbonyl (C=O) groups is 1. The van der Waals surface area contributed by atoms with Gasteiger partial charge in [0.05, 0.1) is 19.6 Å². The van der Waals surface area contributed by atoms with Crippen LogP contribution in [0.25, 0.3) is 0 Å². The van der Waals surface area contributed by atoms with E-state index in [1.807, 2.05) is 26.0 Å². The van der Waals surface area contributed by atoms with E-state index < -0.39 is 0 Å². The van der Waals surface area contributed by atoms with Crippen molar-refractivity contribution in [2.75, 3.05) is 26.2 Å². The molecule has 0 saturated carbocycles. The smallest absolute Gasteiger partial charge is 0.258 e. The summed E-state index contributed by atoms with van der Waals surface area (Å²) in [5, 5.41) is 3.79. The number of hydrogen-bond donors (Lipinski definition) is 2. The molecular formula is C18H28ClN2O2+. The number of quaternary nitrogens is 1. The fourth-order valence-corrected chi connectivity index (χ4v) is 3.63. The highest BCUT2D eigenvalue weighted by Crippen LogP contribution is 2.26. The molecular weight excluding hydrogens is 312 g/mol. The first-order valence-electron chi connectivity index (χ1n) is 8.52. The number of benzene rings is 1. The van der Waals surface area contributed by atoms with Crippen molar-refractivity contribution < 1.29 is 14.4 Å². The van der Waals surface area contributed by atoms with Crippen molar-refractivity contribution in [3.63, 3.8) is 0 Å². The number of likely N-dealkylation sites (tertiary alicyclic amines) is 1. The summed E-state index contributed by atoms with van der Waals surface area (Å²) < 4.78 is 5.71. The molecule has 1 saturated heterocycles. The first-order chi connectivity index (χ1) is 11.0. The van der Waals surface area contributed by atoms with Crippen molar-refractivity contribution in [1.29, 1.82) is 0 Å². The lowest BCUT2D eigenvalue weighted by Crippen LogP contribution is -3.13. The van der Waals surface area contributed by atoms with Gasteiger partial charge < -0.3 is 15.0 Å². The Bertz CT molecular complexity index is 517. The van der Waals surface area contributed by atoms with Crippen LogP contribution in [0.4, 0.5) is 0 Å². The Hall–Kier alpha value is -1.26. The maximum Gasteiger partial charge on any atom is 0.258 e. The summed E-state index contributed by atoms with van der Waals surface area (Å²) in [4.78, 5) is 13.8. The molecule has 2 N–H and O–H groups in total. The van der Waals surface area contributed by atoms with Crippen molar-refractivity contribution in [2.45, 2.75) is 46.1 Å². The highest BCUT2D eigenvalue weighted by molar-refractivity contribution is 6.30. The largest absolute Gasteiger partial charge is 0.483 e. The zero-order valence-corrected chi connectivity index (χ0v) is 15.1. The summed E-state index contributed by atoms with van der Waals surface area (Å²) in [6.07, 6.45) is 3.33. The van der Waals surface area contributed by atoms with Gasteiger partial charge in [-0.2, -0.15) is 0 Å². The third-order valence-corrected chi connectivity index (χ3v) is 4.65. The molecule has 1 amide bonds. The lowest BCUT2D eigenvalue weighted by Gasteiger charge is -2.29. The molecule has 0 aliphatic carbocycles. The van der Waals surface area contributed by atoms with Gasteiger partial charge in [-0.15, -0.1) is 0 Å². The number of nitrogens with one attached hydrogen (secondary N) is 2. The zero-order valence-electron chi connectivity index (χ0n) is 14.4. The highest BCUT2D eigenvalue weighted by Gasteiger charge is 2.22. The lowest BCUT2D eigenvalue weighted by molar-refractivity contribution is -0.905. The van der Waals surface area contributed by atoms with Gasteiger partial charge in [-0.25, -0.2) is 0 Å². The predicted molar refractivity (Wildman–Crippen MR) is 93.4 cm³/mol. The van der Waals surface area contributed by atoms with Gasteiger partial charge in [0.2, 0.25) is 0 Å². The van der Waals surface area contributed by atoms with E-state index in [-0.39, 0.29) is 12.5 Å². The number of halogens is 1. The molecule has 1 aliphatic heterocycles. The fraction of sp³-hybridized carbons (Fsp3) is 0.611. The summed E-state index contributed by atoms with van der Waals surface area (Å²) >= 11 is 6.01. The average molecular weight is 340 g/mol. The standard InChI is InChI=1S/C18H27ClN2O2/c1-4-7-21-8-5-16(6-9-21)20-17(22)12-23-18-13(2)10-15(19)11-14(18)3/h10-11,16H,4-9,12H2,1-3H3,(H,20,22)/p+1. The van der Waals surface area contributed by atoms with Crippen molar-refractivity contribution in [2.24, 2.45) is 0 Å². The van der Waals surface area contributed by atoms with E-state index in [0.717, 1.165) is 42.8 Å². The molecule has 4 nitrogen and oxygen atoms in total. The average Bonchev–Trinajstić information content (AvgIpc) is 2.48. The van der Waals surface area contributed by atoms with Crippen molar-refractivity contribution in [1.82, 2.24) is 5.32 Å². The van der Waals surface area contributed by atoms with Gasteiger partial charge in [-0.05, 0) is 43.5 Å². The van der Waals surface area contributed by atoms with Gasteiger partial charge in [0.25, 0.3) is 5.91 Å². The minimum absolute atomic E-state index is 0.0392. The summed E-state index contributed by atoms with van der Waals surface area (Å²) in [7, 11) is 0. The Morgan fingerprint density at radius 3 is 2.48 bits per heavy atom. The van der Waals surface area contributed by atoms with E-state index in [2.05, 4.69) is 12.2 Å². The Morgan fingerprint density at radius 1 is 1.30 bits per heavy atom. The second-order valence-corrected chi connectivity index (χ2v) is 6.94. The molecule has 2 rings (SSSR count). The first kappa shape index (κ1) is 18.1. The molecule has 128 valence electrons. The molecule has 5 heteroatoms. The number of amides is 1. The third-order valence-electron chi connectivity index (χ3n) is 4.43. The van der Waals surface area contributed by atoms with E-state index in [0.29, 0.717) is 11.1 Å². The van der Waals surface area contributed by atoms with Gasteiger partial charge in [-0.1, -0.05) is 18.5 Å². The van der Waals surface area contributed by atoms with E-state index in [9.17, 15) is 4.79 Å². The summed E-state index contributed by atoms with van der Waals surface area (Å²) in [5.74, 6) is 0.717. The monoisotopic (exact) mass is 339 g/mol. The van der Waals surface area contributed by atoms with E-state index in [1.165, 1.54) is 13.0 Å². The minimum atomic E-state index is -0.0392. The SMILES string of the molecule is CCC[NH+]1CCC(NC(=O)COc2c(C)cc(Cl)cc2C)CC1. The quantitative estimate of drug-likeness (QED) is 0.831. The summed E-state index contributed by atoms with van der Waals surface area (Å²) in [6.45, 7) is 9.70. The van der Waals surface area contributed by atoms with Gasteiger partial charge in [0, 0.05) is 23.9 Å². The number of piperidine rings is 1. The zero-order chi connectivity index (χ0) is 16.8. The molecule has 0 bridgehead atoms. The van der Waals surface area contributed by atoms with Gasteiger partial charge in [-0.3, -0.25) is 4.79 Å². The van der Waals surface area contributed by atoms with Crippen molar-refractivity contribution in [3.8, 4) is 5.75 Å². The second kappa shape index (κ2) is 8.55. The van der Waals surface area contributed by atoms with Crippen LogP contribution in [0.2, 0.25) is 5.02 Å². The van der Waals surface area contributed by atoms with Gasteiger partial charge in [0.1, 0.15) is 5.75 Å². The molecule has 23 heavy (non-hydrogen) atoms. The molecule has 1 aromatic carbocycles. The van der Waals surface area contributed by atoms with E-state index in [1.54, 1.807) is 4.90 Å². The summed E-state index contributed by atoms with van der Waals surface area (Å²) in [5.41, 5.74) is 1.92. The van der Waals surface area contributed by atoms with Crippen LogP contribution >= 0.6 is 11.6 Å². The van der Waals surface area contributed by atoms with Crippen LogP contribution in [0.3, 0.4) is 0 Å². The number of hydrogen-bond acceptors (Lipinski definition) is 2. The van der Waals surface area contributed by atoms with Crippen LogP contribution in [0.1, 0.15) is 37.3 Å². The second-order valence-electron chi connectivity index (χ2n) is 6.50. The van der Waals surface area contributed by atoms with Crippen molar-refractivity contribution >= 4 is 17.5 Å². The van der Waals surface area contributed by atoms with Crippen LogP contribution in [0.5, 0.6) is 5.75 Å². The topological polar surface area (TPSA) is 42.8 Å². The Labute approximate surface area is 144 Å².